The van der Waals surface area contributed by atoms with E-state index >= 15 is 0 Å². The van der Waals surface area contributed by atoms with Crippen LogP contribution >= 0.6 is 23.2 Å². The van der Waals surface area contributed by atoms with Crippen molar-refractivity contribution in [2.24, 2.45) is 0 Å². The van der Waals surface area contributed by atoms with Crippen LogP contribution in [-0.2, 0) is 0 Å². The Morgan fingerprint density at radius 3 is 2.69 bits per heavy atom. The highest BCUT2D eigenvalue weighted by atomic mass is 35.5. The lowest BCUT2D eigenvalue weighted by atomic mass is 10.1. The molecule has 8 heteroatoms. The van der Waals surface area contributed by atoms with Crippen molar-refractivity contribution >= 4 is 29.2 Å². The van der Waals surface area contributed by atoms with Crippen molar-refractivity contribution in [2.75, 3.05) is 11.9 Å². The topological polar surface area (TPSA) is 70.9 Å². The van der Waals surface area contributed by atoms with E-state index < -0.39 is 6.10 Å². The van der Waals surface area contributed by atoms with E-state index in [1.165, 1.54) is 18.5 Å². The van der Waals surface area contributed by atoms with E-state index in [9.17, 15) is 9.50 Å². The fraction of sp³-hybridized carbons (Fsp3) is 0.167. The SMILES string of the molecule is OC(CCNc1ncnc(-c2cccc(F)c2)n1)c1ccc(Cl)c(Cl)c1. The number of halogens is 3. The van der Waals surface area contributed by atoms with Gasteiger partial charge in [0, 0.05) is 12.1 Å². The van der Waals surface area contributed by atoms with Crippen LogP contribution in [0.1, 0.15) is 18.1 Å². The molecule has 1 unspecified atom stereocenters. The molecule has 0 amide bonds. The van der Waals surface area contributed by atoms with Gasteiger partial charge in [-0.3, -0.25) is 0 Å². The Morgan fingerprint density at radius 1 is 1.08 bits per heavy atom. The molecular formula is C18H15Cl2FN4O. The van der Waals surface area contributed by atoms with Crippen LogP contribution in [0, 0.1) is 5.82 Å². The van der Waals surface area contributed by atoms with Crippen LogP contribution in [-0.4, -0.2) is 26.6 Å². The highest BCUT2D eigenvalue weighted by Crippen LogP contribution is 2.26. The molecule has 134 valence electrons. The number of rotatable bonds is 6. The summed E-state index contributed by atoms with van der Waals surface area (Å²) in [5, 5.41) is 14.1. The molecule has 5 nitrogen and oxygen atoms in total. The van der Waals surface area contributed by atoms with E-state index in [-0.39, 0.29) is 5.82 Å². The van der Waals surface area contributed by atoms with Gasteiger partial charge in [0.05, 0.1) is 16.1 Å². The number of nitrogens with zero attached hydrogens (tertiary/aromatic N) is 3. The van der Waals surface area contributed by atoms with Gasteiger partial charge in [0.25, 0.3) is 0 Å². The van der Waals surface area contributed by atoms with Crippen LogP contribution in [0.5, 0.6) is 0 Å². The summed E-state index contributed by atoms with van der Waals surface area (Å²) in [6.07, 6.45) is 1.06. The zero-order valence-electron chi connectivity index (χ0n) is 13.5. The van der Waals surface area contributed by atoms with Crippen molar-refractivity contribution in [1.29, 1.82) is 0 Å². The maximum absolute atomic E-state index is 13.3. The maximum atomic E-state index is 13.3. The van der Waals surface area contributed by atoms with Crippen LogP contribution in [0.15, 0.2) is 48.8 Å². The lowest BCUT2D eigenvalue weighted by molar-refractivity contribution is 0.171. The van der Waals surface area contributed by atoms with Gasteiger partial charge in [0.2, 0.25) is 5.95 Å². The van der Waals surface area contributed by atoms with E-state index in [0.717, 1.165) is 0 Å². The van der Waals surface area contributed by atoms with Crippen molar-refractivity contribution < 1.29 is 9.50 Å². The monoisotopic (exact) mass is 392 g/mol. The van der Waals surface area contributed by atoms with Gasteiger partial charge >= 0.3 is 0 Å². The average molecular weight is 393 g/mol. The minimum absolute atomic E-state index is 0.348. The van der Waals surface area contributed by atoms with Crippen LogP contribution in [0.2, 0.25) is 10.0 Å². The molecule has 1 aromatic heterocycles. The third-order valence-corrected chi connectivity index (χ3v) is 4.42. The number of hydrogen-bond acceptors (Lipinski definition) is 5. The summed E-state index contributed by atoms with van der Waals surface area (Å²) in [4.78, 5) is 12.3. The number of aliphatic hydroxyl groups is 1. The third kappa shape index (κ3) is 4.66. The number of anilines is 1. The van der Waals surface area contributed by atoms with Crippen LogP contribution in [0.3, 0.4) is 0 Å². The lowest BCUT2D eigenvalue weighted by Crippen LogP contribution is -2.10. The Bertz CT molecular complexity index is 910. The fourth-order valence-corrected chi connectivity index (χ4v) is 2.66. The molecule has 1 heterocycles. The molecule has 0 fully saturated rings. The minimum Gasteiger partial charge on any atom is -0.388 e. The first-order valence-electron chi connectivity index (χ1n) is 7.85. The molecule has 26 heavy (non-hydrogen) atoms. The van der Waals surface area contributed by atoms with E-state index in [4.69, 9.17) is 23.2 Å². The van der Waals surface area contributed by atoms with Crippen molar-refractivity contribution in [2.45, 2.75) is 12.5 Å². The number of benzene rings is 2. The van der Waals surface area contributed by atoms with Gasteiger partial charge in [0.1, 0.15) is 12.1 Å². The summed E-state index contributed by atoms with van der Waals surface area (Å²) in [6, 6.07) is 11.0. The van der Waals surface area contributed by atoms with Crippen molar-refractivity contribution in [3.05, 3.63) is 70.2 Å². The summed E-state index contributed by atoms with van der Waals surface area (Å²) >= 11 is 11.8. The normalized spacial score (nSPS) is 12.0. The maximum Gasteiger partial charge on any atom is 0.226 e. The molecule has 0 aliphatic heterocycles. The molecule has 0 aliphatic carbocycles. The molecule has 1 atom stereocenters. The molecular weight excluding hydrogens is 378 g/mol. The molecule has 0 spiro atoms. The Hall–Kier alpha value is -2.28. The Labute approximate surface area is 159 Å². The second-order valence-electron chi connectivity index (χ2n) is 5.55. The third-order valence-electron chi connectivity index (χ3n) is 3.68. The minimum atomic E-state index is -0.707. The van der Waals surface area contributed by atoms with Crippen molar-refractivity contribution in [3.8, 4) is 11.4 Å². The summed E-state index contributed by atoms with van der Waals surface area (Å²) in [7, 11) is 0. The number of aliphatic hydroxyl groups excluding tert-OH is 1. The number of nitrogens with one attached hydrogen (secondary N) is 1. The predicted octanol–water partition coefficient (Wildman–Crippen LogP) is 4.52. The van der Waals surface area contributed by atoms with Gasteiger partial charge in [-0.1, -0.05) is 41.4 Å². The van der Waals surface area contributed by atoms with Crippen LogP contribution in [0.4, 0.5) is 10.3 Å². The van der Waals surface area contributed by atoms with Crippen LogP contribution in [0.25, 0.3) is 11.4 Å². The molecule has 2 N–H and O–H groups in total. The number of hydrogen-bond donors (Lipinski definition) is 2. The fourth-order valence-electron chi connectivity index (χ4n) is 2.36. The lowest BCUT2D eigenvalue weighted by Gasteiger charge is -2.12. The van der Waals surface area contributed by atoms with Crippen molar-refractivity contribution in [1.82, 2.24) is 15.0 Å². The van der Waals surface area contributed by atoms with E-state index in [1.807, 2.05) is 0 Å². The first-order valence-corrected chi connectivity index (χ1v) is 8.60. The average Bonchev–Trinajstić information content (AvgIpc) is 2.64. The Balaban J connectivity index is 1.61. The zero-order valence-corrected chi connectivity index (χ0v) is 15.0. The predicted molar refractivity (Wildman–Crippen MR) is 99.7 cm³/mol. The first kappa shape index (κ1) is 18.5. The molecule has 3 aromatic rings. The quantitative estimate of drug-likeness (QED) is 0.645. The standard InChI is InChI=1S/C18H15Cl2FN4O/c19-14-5-4-11(9-15(14)20)16(26)6-7-22-18-24-10-23-17(25-18)12-2-1-3-13(21)8-12/h1-5,8-10,16,26H,6-7H2,(H,22,23,24,25). The van der Waals surface area contributed by atoms with Gasteiger partial charge < -0.3 is 10.4 Å². The van der Waals surface area contributed by atoms with Gasteiger partial charge in [-0.25, -0.2) is 14.4 Å². The summed E-state index contributed by atoms with van der Waals surface area (Å²) in [5.74, 6) is 0.356. The molecule has 0 aliphatic rings. The molecule has 0 bridgehead atoms. The summed E-state index contributed by atoms with van der Waals surface area (Å²) < 4.78 is 13.3. The van der Waals surface area contributed by atoms with E-state index in [1.54, 1.807) is 30.3 Å². The molecule has 0 saturated heterocycles. The van der Waals surface area contributed by atoms with Gasteiger partial charge in [-0.05, 0) is 36.2 Å². The van der Waals surface area contributed by atoms with Gasteiger partial charge in [-0.2, -0.15) is 4.98 Å². The zero-order chi connectivity index (χ0) is 18.5. The van der Waals surface area contributed by atoms with Gasteiger partial charge in [-0.15, -0.1) is 0 Å². The molecule has 0 radical (unpaired) electrons. The van der Waals surface area contributed by atoms with E-state index in [0.29, 0.717) is 45.9 Å². The highest BCUT2D eigenvalue weighted by molar-refractivity contribution is 6.42. The smallest absolute Gasteiger partial charge is 0.226 e. The number of aromatic nitrogens is 3. The Morgan fingerprint density at radius 2 is 1.92 bits per heavy atom. The molecule has 3 rings (SSSR count). The molecule has 2 aromatic carbocycles. The second-order valence-corrected chi connectivity index (χ2v) is 6.36. The first-order chi connectivity index (χ1) is 12.5. The second kappa shape index (κ2) is 8.40. The molecule has 0 saturated carbocycles. The Kier molecular flexibility index (Phi) is 5.98. The summed E-state index contributed by atoms with van der Waals surface area (Å²) in [5.41, 5.74) is 1.24. The van der Waals surface area contributed by atoms with Crippen LogP contribution < -0.4 is 5.32 Å². The van der Waals surface area contributed by atoms with Gasteiger partial charge in [0.15, 0.2) is 5.82 Å². The van der Waals surface area contributed by atoms with Crippen molar-refractivity contribution in [3.63, 3.8) is 0 Å². The van der Waals surface area contributed by atoms with E-state index in [2.05, 4.69) is 20.3 Å². The highest BCUT2D eigenvalue weighted by Gasteiger charge is 2.10. The largest absolute Gasteiger partial charge is 0.388 e. The summed E-state index contributed by atoms with van der Waals surface area (Å²) in [6.45, 7) is 0.425.